The molecule has 0 radical (unpaired) electrons. The van der Waals surface area contributed by atoms with Crippen LogP contribution in [0.15, 0.2) is 57.1 Å². The molecule has 3 aromatic rings. The molecular weight excluding hydrogens is 307 g/mol. The first-order valence-corrected chi connectivity index (χ1v) is 7.44. The molecule has 1 aromatic carbocycles. The molecule has 0 aliphatic heterocycles. The standard InChI is InChI=1S/C14H11FN4O2S/c15-10-1-3-11(4-2-10)22-8-7-19-13(18-21-14(19)20)12-9-16-5-6-17-12/h1-6,9H,7-8H2. The first kappa shape index (κ1) is 14.5. The van der Waals surface area contributed by atoms with Crippen LogP contribution < -0.4 is 5.76 Å². The van der Waals surface area contributed by atoms with E-state index in [1.165, 1.54) is 47.1 Å². The lowest BCUT2D eigenvalue weighted by atomic mass is 10.4. The van der Waals surface area contributed by atoms with Crippen LogP contribution in [0.3, 0.4) is 0 Å². The Morgan fingerprint density at radius 2 is 2.05 bits per heavy atom. The van der Waals surface area contributed by atoms with E-state index in [9.17, 15) is 9.18 Å². The molecule has 0 saturated heterocycles. The summed E-state index contributed by atoms with van der Waals surface area (Å²) in [5, 5.41) is 3.74. The second-order valence-corrected chi connectivity index (χ2v) is 5.49. The smallest absolute Gasteiger partial charge is 0.295 e. The summed E-state index contributed by atoms with van der Waals surface area (Å²) in [6, 6.07) is 6.19. The molecule has 0 bridgehead atoms. The molecule has 0 amide bonds. The second kappa shape index (κ2) is 6.52. The molecule has 0 fully saturated rings. The van der Waals surface area contributed by atoms with E-state index >= 15 is 0 Å². The van der Waals surface area contributed by atoms with Crippen molar-refractivity contribution in [2.45, 2.75) is 11.4 Å². The van der Waals surface area contributed by atoms with Gasteiger partial charge < -0.3 is 0 Å². The Hall–Kier alpha value is -2.48. The fraction of sp³-hybridized carbons (Fsp3) is 0.143. The number of hydrogen-bond donors (Lipinski definition) is 0. The van der Waals surface area contributed by atoms with Gasteiger partial charge in [0.05, 0.1) is 6.20 Å². The lowest BCUT2D eigenvalue weighted by molar-refractivity contribution is 0.377. The molecule has 0 saturated carbocycles. The zero-order valence-electron chi connectivity index (χ0n) is 11.3. The Labute approximate surface area is 129 Å². The monoisotopic (exact) mass is 318 g/mol. The lowest BCUT2D eigenvalue weighted by Gasteiger charge is -2.04. The minimum Gasteiger partial charge on any atom is -0.295 e. The molecule has 8 heteroatoms. The van der Waals surface area contributed by atoms with Crippen LogP contribution in [0.2, 0.25) is 0 Å². The summed E-state index contributed by atoms with van der Waals surface area (Å²) >= 11 is 1.51. The Morgan fingerprint density at radius 3 is 2.77 bits per heavy atom. The molecular formula is C14H11FN4O2S. The van der Waals surface area contributed by atoms with Gasteiger partial charge in [0, 0.05) is 29.6 Å². The number of halogens is 1. The number of hydrogen-bond acceptors (Lipinski definition) is 6. The molecule has 0 aliphatic carbocycles. The number of thioether (sulfide) groups is 1. The first-order valence-electron chi connectivity index (χ1n) is 6.45. The van der Waals surface area contributed by atoms with Crippen LogP contribution in [0, 0.1) is 5.82 Å². The number of benzene rings is 1. The summed E-state index contributed by atoms with van der Waals surface area (Å²) in [5.74, 6) is 0.141. The van der Waals surface area contributed by atoms with Crippen LogP contribution in [0.25, 0.3) is 11.5 Å². The Balaban J connectivity index is 1.72. The fourth-order valence-corrected chi connectivity index (χ4v) is 2.69. The highest BCUT2D eigenvalue weighted by Gasteiger charge is 2.13. The van der Waals surface area contributed by atoms with Crippen molar-refractivity contribution >= 4 is 11.8 Å². The zero-order chi connectivity index (χ0) is 15.4. The van der Waals surface area contributed by atoms with Gasteiger partial charge in [-0.3, -0.25) is 14.1 Å². The summed E-state index contributed by atoms with van der Waals surface area (Å²) in [6.07, 6.45) is 4.57. The van der Waals surface area contributed by atoms with Crippen molar-refractivity contribution in [1.82, 2.24) is 19.7 Å². The van der Waals surface area contributed by atoms with Crippen LogP contribution >= 0.6 is 11.8 Å². The van der Waals surface area contributed by atoms with Gasteiger partial charge in [-0.15, -0.1) is 11.8 Å². The third-order valence-corrected chi connectivity index (χ3v) is 3.87. The first-order chi connectivity index (χ1) is 10.7. The van der Waals surface area contributed by atoms with Gasteiger partial charge in [-0.25, -0.2) is 14.2 Å². The summed E-state index contributed by atoms with van der Waals surface area (Å²) < 4.78 is 18.9. The number of nitrogens with zero attached hydrogens (tertiary/aromatic N) is 4. The van der Waals surface area contributed by atoms with E-state index in [0.29, 0.717) is 23.8 Å². The normalized spacial score (nSPS) is 10.8. The zero-order valence-corrected chi connectivity index (χ0v) is 12.2. The molecule has 2 heterocycles. The minimum atomic E-state index is -0.541. The quantitative estimate of drug-likeness (QED) is 0.672. The van der Waals surface area contributed by atoms with Crippen molar-refractivity contribution in [2.75, 3.05) is 5.75 Å². The second-order valence-electron chi connectivity index (χ2n) is 4.32. The molecule has 0 aliphatic rings. The van der Waals surface area contributed by atoms with E-state index in [1.807, 2.05) is 0 Å². The predicted octanol–water partition coefficient (Wildman–Crippen LogP) is 2.22. The summed E-state index contributed by atoms with van der Waals surface area (Å²) in [5.41, 5.74) is 0.472. The van der Waals surface area contributed by atoms with Gasteiger partial charge in [-0.05, 0) is 24.3 Å². The average molecular weight is 318 g/mol. The maximum absolute atomic E-state index is 12.8. The SMILES string of the molecule is O=c1onc(-c2cnccn2)n1CCSc1ccc(F)cc1. The number of rotatable bonds is 5. The van der Waals surface area contributed by atoms with Gasteiger partial charge >= 0.3 is 5.76 Å². The van der Waals surface area contributed by atoms with E-state index in [-0.39, 0.29) is 5.82 Å². The van der Waals surface area contributed by atoms with Gasteiger partial charge in [0.1, 0.15) is 11.5 Å². The Kier molecular flexibility index (Phi) is 4.29. The van der Waals surface area contributed by atoms with Gasteiger partial charge in [-0.1, -0.05) is 5.16 Å². The van der Waals surface area contributed by atoms with Crippen LogP contribution in [-0.4, -0.2) is 25.4 Å². The molecule has 0 unspecified atom stereocenters. The largest absolute Gasteiger partial charge is 0.441 e. The van der Waals surface area contributed by atoms with Gasteiger partial charge in [-0.2, -0.15) is 0 Å². The average Bonchev–Trinajstić information content (AvgIpc) is 2.91. The summed E-state index contributed by atoms with van der Waals surface area (Å²) in [7, 11) is 0. The van der Waals surface area contributed by atoms with Crippen molar-refractivity contribution in [3.05, 3.63) is 59.2 Å². The van der Waals surface area contributed by atoms with Gasteiger partial charge in [0.2, 0.25) is 5.82 Å². The van der Waals surface area contributed by atoms with E-state index < -0.39 is 5.76 Å². The third kappa shape index (κ3) is 3.22. The van der Waals surface area contributed by atoms with E-state index in [0.717, 1.165) is 4.90 Å². The lowest BCUT2D eigenvalue weighted by Crippen LogP contribution is -2.17. The molecule has 2 aromatic heterocycles. The Bertz CT molecular complexity index is 802. The molecule has 22 heavy (non-hydrogen) atoms. The maximum Gasteiger partial charge on any atom is 0.441 e. The maximum atomic E-state index is 12.8. The van der Waals surface area contributed by atoms with Crippen LogP contribution in [-0.2, 0) is 6.54 Å². The number of aromatic nitrogens is 4. The fourth-order valence-electron chi connectivity index (χ4n) is 1.85. The van der Waals surface area contributed by atoms with E-state index in [1.54, 1.807) is 12.1 Å². The van der Waals surface area contributed by atoms with Crippen molar-refractivity contribution in [2.24, 2.45) is 0 Å². The predicted molar refractivity (Wildman–Crippen MR) is 78.9 cm³/mol. The van der Waals surface area contributed by atoms with Gasteiger partial charge in [0.25, 0.3) is 0 Å². The highest BCUT2D eigenvalue weighted by Crippen LogP contribution is 2.19. The topological polar surface area (TPSA) is 73.8 Å². The van der Waals surface area contributed by atoms with Crippen LogP contribution in [0.4, 0.5) is 4.39 Å². The summed E-state index contributed by atoms with van der Waals surface area (Å²) in [6.45, 7) is 0.399. The molecule has 3 rings (SSSR count). The highest BCUT2D eigenvalue weighted by molar-refractivity contribution is 7.99. The minimum absolute atomic E-state index is 0.274. The Morgan fingerprint density at radius 1 is 1.23 bits per heavy atom. The highest BCUT2D eigenvalue weighted by atomic mass is 32.2. The van der Waals surface area contributed by atoms with Crippen LogP contribution in [0.5, 0.6) is 0 Å². The molecule has 6 nitrogen and oxygen atoms in total. The van der Waals surface area contributed by atoms with E-state index in [2.05, 4.69) is 15.1 Å². The molecule has 112 valence electrons. The van der Waals surface area contributed by atoms with Crippen molar-refractivity contribution in [1.29, 1.82) is 0 Å². The molecule has 0 atom stereocenters. The van der Waals surface area contributed by atoms with E-state index in [4.69, 9.17) is 4.52 Å². The van der Waals surface area contributed by atoms with Crippen molar-refractivity contribution < 1.29 is 8.91 Å². The summed E-state index contributed by atoms with van der Waals surface area (Å²) in [4.78, 5) is 20.7. The van der Waals surface area contributed by atoms with Gasteiger partial charge in [0.15, 0.2) is 0 Å². The molecule has 0 N–H and O–H groups in total. The van der Waals surface area contributed by atoms with Crippen molar-refractivity contribution in [3.8, 4) is 11.5 Å². The third-order valence-electron chi connectivity index (χ3n) is 2.88. The van der Waals surface area contributed by atoms with Crippen molar-refractivity contribution in [3.63, 3.8) is 0 Å². The van der Waals surface area contributed by atoms with Crippen LogP contribution in [0.1, 0.15) is 0 Å². The molecule has 0 spiro atoms.